The van der Waals surface area contributed by atoms with Crippen molar-refractivity contribution in [2.24, 2.45) is 0 Å². The standard InChI is InChI=1S/C14H18N2O2/c1-11-10-13(12(2)17)4-5-14(11)18-9-8-16-7-3-6-15-16/h3-7,10,12,17H,8-9H2,1-2H3. The number of hydrogen-bond donors (Lipinski definition) is 1. The topological polar surface area (TPSA) is 47.3 Å². The van der Waals surface area contributed by atoms with E-state index in [4.69, 9.17) is 4.74 Å². The minimum atomic E-state index is -0.443. The second kappa shape index (κ2) is 5.69. The maximum atomic E-state index is 9.49. The molecule has 2 aromatic rings. The Morgan fingerprint density at radius 2 is 2.28 bits per heavy atom. The van der Waals surface area contributed by atoms with Gasteiger partial charge >= 0.3 is 0 Å². The Balaban J connectivity index is 1.93. The molecule has 1 heterocycles. The van der Waals surface area contributed by atoms with Gasteiger partial charge < -0.3 is 9.84 Å². The van der Waals surface area contributed by atoms with Crippen LogP contribution >= 0.6 is 0 Å². The molecule has 0 amide bonds. The molecule has 0 aliphatic carbocycles. The zero-order valence-electron chi connectivity index (χ0n) is 10.7. The van der Waals surface area contributed by atoms with Crippen LogP contribution in [0.1, 0.15) is 24.2 Å². The fraction of sp³-hybridized carbons (Fsp3) is 0.357. The Kier molecular flexibility index (Phi) is 3.99. The van der Waals surface area contributed by atoms with Gasteiger partial charge in [-0.15, -0.1) is 0 Å². The first kappa shape index (κ1) is 12.6. The molecule has 4 heteroatoms. The minimum Gasteiger partial charge on any atom is -0.491 e. The van der Waals surface area contributed by atoms with Crippen LogP contribution in [0.25, 0.3) is 0 Å². The van der Waals surface area contributed by atoms with E-state index in [0.29, 0.717) is 6.61 Å². The van der Waals surface area contributed by atoms with Crippen molar-refractivity contribution in [3.63, 3.8) is 0 Å². The van der Waals surface area contributed by atoms with Crippen LogP contribution in [-0.2, 0) is 6.54 Å². The Bertz CT molecular complexity index is 493. The van der Waals surface area contributed by atoms with Gasteiger partial charge in [-0.05, 0) is 43.2 Å². The van der Waals surface area contributed by atoms with Gasteiger partial charge in [-0.25, -0.2) is 0 Å². The molecular formula is C14H18N2O2. The van der Waals surface area contributed by atoms with E-state index in [1.54, 1.807) is 13.1 Å². The number of aromatic nitrogens is 2. The van der Waals surface area contributed by atoms with Crippen LogP contribution in [0.2, 0.25) is 0 Å². The molecular weight excluding hydrogens is 228 g/mol. The largest absolute Gasteiger partial charge is 0.491 e. The van der Waals surface area contributed by atoms with E-state index in [1.165, 1.54) is 0 Å². The first-order chi connectivity index (χ1) is 8.66. The van der Waals surface area contributed by atoms with Gasteiger partial charge in [0.05, 0.1) is 12.6 Å². The molecule has 0 saturated carbocycles. The monoisotopic (exact) mass is 246 g/mol. The minimum absolute atomic E-state index is 0.443. The molecule has 1 aromatic heterocycles. The van der Waals surface area contributed by atoms with Crippen molar-refractivity contribution in [2.75, 3.05) is 6.61 Å². The van der Waals surface area contributed by atoms with Crippen molar-refractivity contribution < 1.29 is 9.84 Å². The first-order valence-corrected chi connectivity index (χ1v) is 6.05. The zero-order valence-corrected chi connectivity index (χ0v) is 10.7. The fourth-order valence-corrected chi connectivity index (χ4v) is 1.78. The van der Waals surface area contributed by atoms with Crippen molar-refractivity contribution in [3.8, 4) is 5.75 Å². The highest BCUT2D eigenvalue weighted by Gasteiger charge is 2.05. The van der Waals surface area contributed by atoms with Crippen molar-refractivity contribution >= 4 is 0 Å². The van der Waals surface area contributed by atoms with E-state index in [2.05, 4.69) is 5.10 Å². The zero-order chi connectivity index (χ0) is 13.0. The number of benzene rings is 1. The van der Waals surface area contributed by atoms with Crippen molar-refractivity contribution in [1.29, 1.82) is 0 Å². The summed E-state index contributed by atoms with van der Waals surface area (Å²) in [4.78, 5) is 0. The van der Waals surface area contributed by atoms with Gasteiger partial charge in [0.15, 0.2) is 0 Å². The van der Waals surface area contributed by atoms with Gasteiger partial charge in [0.25, 0.3) is 0 Å². The lowest BCUT2D eigenvalue weighted by Crippen LogP contribution is -2.09. The Morgan fingerprint density at radius 3 is 2.89 bits per heavy atom. The number of aryl methyl sites for hydroxylation is 1. The van der Waals surface area contributed by atoms with Crippen LogP contribution in [0.4, 0.5) is 0 Å². The summed E-state index contributed by atoms with van der Waals surface area (Å²) < 4.78 is 7.54. The highest BCUT2D eigenvalue weighted by molar-refractivity contribution is 5.36. The van der Waals surface area contributed by atoms with E-state index < -0.39 is 6.10 Å². The molecule has 0 saturated heterocycles. The van der Waals surface area contributed by atoms with Crippen LogP contribution in [0.3, 0.4) is 0 Å². The third-order valence-corrected chi connectivity index (χ3v) is 2.82. The molecule has 2 rings (SSSR count). The first-order valence-electron chi connectivity index (χ1n) is 6.05. The van der Waals surface area contributed by atoms with Crippen molar-refractivity contribution in [1.82, 2.24) is 9.78 Å². The van der Waals surface area contributed by atoms with Crippen LogP contribution in [0, 0.1) is 6.92 Å². The molecule has 0 spiro atoms. The molecule has 0 aliphatic heterocycles. The Hall–Kier alpha value is -1.81. The highest BCUT2D eigenvalue weighted by Crippen LogP contribution is 2.22. The van der Waals surface area contributed by atoms with Gasteiger partial charge in [-0.1, -0.05) is 6.07 Å². The lowest BCUT2D eigenvalue weighted by molar-refractivity contribution is 0.199. The quantitative estimate of drug-likeness (QED) is 0.880. The van der Waals surface area contributed by atoms with Gasteiger partial charge in [-0.2, -0.15) is 5.10 Å². The van der Waals surface area contributed by atoms with Crippen LogP contribution < -0.4 is 4.74 Å². The number of rotatable bonds is 5. The summed E-state index contributed by atoms with van der Waals surface area (Å²) in [6.45, 7) is 5.04. The molecule has 0 bridgehead atoms. The third kappa shape index (κ3) is 3.11. The smallest absolute Gasteiger partial charge is 0.122 e. The summed E-state index contributed by atoms with van der Waals surface area (Å²) in [7, 11) is 0. The Morgan fingerprint density at radius 1 is 1.44 bits per heavy atom. The number of aliphatic hydroxyl groups excluding tert-OH is 1. The molecule has 4 nitrogen and oxygen atoms in total. The Labute approximate surface area is 107 Å². The molecule has 1 unspecified atom stereocenters. The molecule has 96 valence electrons. The average Bonchev–Trinajstić information content (AvgIpc) is 2.84. The fourth-order valence-electron chi connectivity index (χ4n) is 1.78. The summed E-state index contributed by atoms with van der Waals surface area (Å²) >= 11 is 0. The summed E-state index contributed by atoms with van der Waals surface area (Å²) in [6, 6.07) is 7.64. The molecule has 1 N–H and O–H groups in total. The summed E-state index contributed by atoms with van der Waals surface area (Å²) in [6.07, 6.45) is 3.22. The molecule has 0 fully saturated rings. The second-order valence-corrected chi connectivity index (χ2v) is 4.32. The van der Waals surface area contributed by atoms with Gasteiger partial charge in [0.1, 0.15) is 12.4 Å². The number of nitrogens with zero attached hydrogens (tertiary/aromatic N) is 2. The molecule has 1 aromatic carbocycles. The molecule has 0 radical (unpaired) electrons. The predicted octanol–water partition coefficient (Wildman–Crippen LogP) is 2.32. The van der Waals surface area contributed by atoms with E-state index in [9.17, 15) is 5.11 Å². The van der Waals surface area contributed by atoms with Crippen LogP contribution in [0.15, 0.2) is 36.7 Å². The van der Waals surface area contributed by atoms with Gasteiger partial charge in [0.2, 0.25) is 0 Å². The summed E-state index contributed by atoms with van der Waals surface area (Å²) in [5, 5.41) is 13.6. The number of ether oxygens (including phenoxy) is 1. The van der Waals surface area contributed by atoms with Gasteiger partial charge in [-0.3, -0.25) is 4.68 Å². The third-order valence-electron chi connectivity index (χ3n) is 2.82. The molecule has 0 aliphatic rings. The van der Waals surface area contributed by atoms with Crippen molar-refractivity contribution in [2.45, 2.75) is 26.5 Å². The number of aliphatic hydroxyl groups is 1. The lowest BCUT2D eigenvalue weighted by atomic mass is 10.1. The lowest BCUT2D eigenvalue weighted by Gasteiger charge is -2.12. The second-order valence-electron chi connectivity index (χ2n) is 4.32. The van der Waals surface area contributed by atoms with E-state index in [1.807, 2.05) is 42.1 Å². The maximum Gasteiger partial charge on any atom is 0.122 e. The van der Waals surface area contributed by atoms with Crippen molar-refractivity contribution in [3.05, 3.63) is 47.8 Å². The van der Waals surface area contributed by atoms with E-state index >= 15 is 0 Å². The predicted molar refractivity (Wildman–Crippen MR) is 69.5 cm³/mol. The molecule has 18 heavy (non-hydrogen) atoms. The summed E-state index contributed by atoms with van der Waals surface area (Å²) in [5.41, 5.74) is 1.95. The molecule has 1 atom stereocenters. The number of hydrogen-bond acceptors (Lipinski definition) is 3. The highest BCUT2D eigenvalue weighted by atomic mass is 16.5. The van der Waals surface area contributed by atoms with Gasteiger partial charge in [0, 0.05) is 12.4 Å². The van der Waals surface area contributed by atoms with E-state index in [0.717, 1.165) is 23.4 Å². The maximum absolute atomic E-state index is 9.49. The normalized spacial score (nSPS) is 12.4. The van der Waals surface area contributed by atoms with E-state index in [-0.39, 0.29) is 0 Å². The van der Waals surface area contributed by atoms with Crippen LogP contribution in [-0.4, -0.2) is 21.5 Å². The summed E-state index contributed by atoms with van der Waals surface area (Å²) in [5.74, 6) is 0.853. The average molecular weight is 246 g/mol. The SMILES string of the molecule is Cc1cc(C(C)O)ccc1OCCn1cccn1. The van der Waals surface area contributed by atoms with Crippen LogP contribution in [0.5, 0.6) is 5.75 Å².